The van der Waals surface area contributed by atoms with Crippen LogP contribution in [-0.2, 0) is 18.3 Å². The van der Waals surface area contributed by atoms with Crippen LogP contribution in [0.15, 0.2) is 12.4 Å². The highest BCUT2D eigenvalue weighted by molar-refractivity contribution is 5.67. The van der Waals surface area contributed by atoms with Crippen molar-refractivity contribution in [2.24, 2.45) is 13.0 Å². The number of rotatable bonds is 6. The van der Waals surface area contributed by atoms with Crippen LogP contribution in [0.1, 0.15) is 47.1 Å². The van der Waals surface area contributed by atoms with Crippen molar-refractivity contribution in [3.63, 3.8) is 0 Å². The molecule has 0 bridgehead atoms. The molecule has 22 heavy (non-hydrogen) atoms. The van der Waals surface area contributed by atoms with Crippen LogP contribution in [0.5, 0.6) is 0 Å². The van der Waals surface area contributed by atoms with Gasteiger partial charge in [-0.15, -0.1) is 0 Å². The molecule has 0 aliphatic carbocycles. The lowest BCUT2D eigenvalue weighted by atomic mass is 9.88. The minimum Gasteiger partial charge on any atom is -0.444 e. The molecule has 0 saturated heterocycles. The van der Waals surface area contributed by atoms with Crippen molar-refractivity contribution in [1.82, 2.24) is 20.4 Å². The number of hydrogen-bond acceptors (Lipinski definition) is 4. The van der Waals surface area contributed by atoms with Crippen LogP contribution in [-0.4, -0.2) is 33.6 Å². The second kappa shape index (κ2) is 7.13. The molecule has 2 N–H and O–H groups in total. The number of carbonyl (C=O) groups is 1. The van der Waals surface area contributed by atoms with Gasteiger partial charge < -0.3 is 15.4 Å². The summed E-state index contributed by atoms with van der Waals surface area (Å²) in [6.45, 7) is 13.1. The monoisotopic (exact) mass is 310 g/mol. The van der Waals surface area contributed by atoms with E-state index in [1.54, 1.807) is 4.68 Å². The number of nitrogens with one attached hydrogen (secondary N) is 2. The Morgan fingerprint density at radius 1 is 1.36 bits per heavy atom. The first-order valence-corrected chi connectivity index (χ1v) is 7.71. The fraction of sp³-hybridized carbons (Fsp3) is 0.750. The van der Waals surface area contributed by atoms with Gasteiger partial charge >= 0.3 is 6.09 Å². The van der Waals surface area contributed by atoms with E-state index in [1.165, 1.54) is 0 Å². The van der Waals surface area contributed by atoms with E-state index in [0.717, 1.165) is 5.56 Å². The maximum absolute atomic E-state index is 11.8. The Balaban J connectivity index is 2.57. The molecule has 6 heteroatoms. The zero-order valence-electron chi connectivity index (χ0n) is 14.9. The summed E-state index contributed by atoms with van der Waals surface area (Å²) in [6, 6.07) is 0. The van der Waals surface area contributed by atoms with Crippen molar-refractivity contribution < 1.29 is 9.53 Å². The molecule has 1 rings (SSSR count). The summed E-state index contributed by atoms with van der Waals surface area (Å²) in [5.41, 5.74) is 0.403. The number of nitrogens with zero attached hydrogens (tertiary/aromatic N) is 2. The molecule has 6 nitrogen and oxygen atoms in total. The average molecular weight is 310 g/mol. The molecule has 0 aliphatic rings. The van der Waals surface area contributed by atoms with Crippen LogP contribution in [0.4, 0.5) is 4.79 Å². The molecule has 0 spiro atoms. The molecule has 1 aromatic rings. The molecular formula is C16H30N4O2. The van der Waals surface area contributed by atoms with Gasteiger partial charge in [-0.05, 0) is 33.6 Å². The van der Waals surface area contributed by atoms with Gasteiger partial charge in [0.1, 0.15) is 5.60 Å². The first-order chi connectivity index (χ1) is 10.0. The van der Waals surface area contributed by atoms with Crippen LogP contribution in [0.3, 0.4) is 0 Å². The molecule has 1 aromatic heterocycles. The van der Waals surface area contributed by atoms with E-state index >= 15 is 0 Å². The number of amides is 1. The standard InChI is InChI=1S/C16H30N4O2/c1-12(2)16(6,11-17-14(21)22-15(3,4)5)18-8-13-9-19-20(7)10-13/h9-10,12,18H,8,11H2,1-7H3,(H,17,21)/t16-/m0/s1. The van der Waals surface area contributed by atoms with Gasteiger partial charge in [0.25, 0.3) is 0 Å². The van der Waals surface area contributed by atoms with Crippen molar-refractivity contribution in [3.05, 3.63) is 18.0 Å². The molecule has 1 atom stereocenters. The maximum Gasteiger partial charge on any atom is 0.407 e. The van der Waals surface area contributed by atoms with E-state index in [2.05, 4.69) is 36.5 Å². The Morgan fingerprint density at radius 2 is 2.00 bits per heavy atom. The van der Waals surface area contributed by atoms with Crippen molar-refractivity contribution in [3.8, 4) is 0 Å². The minimum atomic E-state index is -0.485. The molecule has 0 radical (unpaired) electrons. The quantitative estimate of drug-likeness (QED) is 0.847. The van der Waals surface area contributed by atoms with E-state index in [0.29, 0.717) is 19.0 Å². The van der Waals surface area contributed by atoms with E-state index in [-0.39, 0.29) is 11.6 Å². The number of alkyl carbamates (subject to hydrolysis) is 1. The number of aromatic nitrogens is 2. The van der Waals surface area contributed by atoms with Crippen LogP contribution in [0.2, 0.25) is 0 Å². The first kappa shape index (κ1) is 18.5. The highest BCUT2D eigenvalue weighted by atomic mass is 16.6. The Morgan fingerprint density at radius 3 is 2.45 bits per heavy atom. The van der Waals surface area contributed by atoms with Crippen molar-refractivity contribution >= 4 is 6.09 Å². The summed E-state index contributed by atoms with van der Waals surface area (Å²) >= 11 is 0. The predicted molar refractivity (Wildman–Crippen MR) is 87.5 cm³/mol. The number of carbonyl (C=O) groups excluding carboxylic acids is 1. The Bertz CT molecular complexity index is 491. The van der Waals surface area contributed by atoms with Gasteiger partial charge in [-0.2, -0.15) is 5.10 Å². The van der Waals surface area contributed by atoms with Crippen LogP contribution < -0.4 is 10.6 Å². The van der Waals surface area contributed by atoms with Crippen molar-refractivity contribution in [2.45, 2.75) is 59.2 Å². The SMILES string of the molecule is CC(C)[C@](C)(CNC(=O)OC(C)(C)C)NCc1cnn(C)c1. The lowest BCUT2D eigenvalue weighted by Gasteiger charge is -2.35. The summed E-state index contributed by atoms with van der Waals surface area (Å²) in [4.78, 5) is 11.8. The largest absolute Gasteiger partial charge is 0.444 e. The molecule has 0 aromatic carbocycles. The predicted octanol–water partition coefficient (Wildman–Crippen LogP) is 2.45. The van der Waals surface area contributed by atoms with Gasteiger partial charge in [-0.25, -0.2) is 4.79 Å². The summed E-state index contributed by atoms with van der Waals surface area (Å²) in [5, 5.41) is 10.5. The lowest BCUT2D eigenvalue weighted by Crippen LogP contribution is -2.55. The molecule has 0 saturated carbocycles. The van der Waals surface area contributed by atoms with E-state index in [1.807, 2.05) is 40.2 Å². The average Bonchev–Trinajstić information content (AvgIpc) is 2.77. The number of ether oxygens (including phenoxy) is 1. The fourth-order valence-corrected chi connectivity index (χ4v) is 1.91. The smallest absolute Gasteiger partial charge is 0.407 e. The van der Waals surface area contributed by atoms with Gasteiger partial charge in [0.2, 0.25) is 0 Å². The first-order valence-electron chi connectivity index (χ1n) is 7.71. The molecule has 126 valence electrons. The lowest BCUT2D eigenvalue weighted by molar-refractivity contribution is 0.0503. The number of aryl methyl sites for hydroxylation is 1. The highest BCUT2D eigenvalue weighted by Crippen LogP contribution is 2.17. The molecule has 0 unspecified atom stereocenters. The third kappa shape index (κ3) is 6.05. The Hall–Kier alpha value is -1.56. The summed E-state index contributed by atoms with van der Waals surface area (Å²) in [6.07, 6.45) is 3.44. The minimum absolute atomic E-state index is 0.229. The molecular weight excluding hydrogens is 280 g/mol. The van der Waals surface area contributed by atoms with Gasteiger partial charge in [0, 0.05) is 37.4 Å². The van der Waals surface area contributed by atoms with E-state index in [4.69, 9.17) is 4.74 Å². The Kier molecular flexibility index (Phi) is 6.00. The number of hydrogen-bond donors (Lipinski definition) is 2. The molecule has 1 heterocycles. The molecule has 0 fully saturated rings. The van der Waals surface area contributed by atoms with Gasteiger partial charge in [0.15, 0.2) is 0 Å². The Labute approximate surface area is 133 Å². The van der Waals surface area contributed by atoms with Crippen molar-refractivity contribution in [1.29, 1.82) is 0 Å². The van der Waals surface area contributed by atoms with Crippen LogP contribution in [0, 0.1) is 5.92 Å². The zero-order valence-corrected chi connectivity index (χ0v) is 14.9. The van der Waals surface area contributed by atoms with Gasteiger partial charge in [-0.3, -0.25) is 4.68 Å². The van der Waals surface area contributed by atoms with Crippen LogP contribution >= 0.6 is 0 Å². The zero-order chi connectivity index (χ0) is 17.0. The maximum atomic E-state index is 11.8. The second-order valence-electron chi connectivity index (χ2n) is 7.30. The third-order valence-electron chi connectivity index (χ3n) is 3.73. The third-order valence-corrected chi connectivity index (χ3v) is 3.73. The summed E-state index contributed by atoms with van der Waals surface area (Å²) in [7, 11) is 1.90. The molecule has 1 amide bonds. The molecule has 0 aliphatic heterocycles. The van der Waals surface area contributed by atoms with E-state index < -0.39 is 5.60 Å². The fourth-order valence-electron chi connectivity index (χ4n) is 1.91. The topological polar surface area (TPSA) is 68.2 Å². The van der Waals surface area contributed by atoms with Crippen molar-refractivity contribution in [2.75, 3.05) is 6.54 Å². The highest BCUT2D eigenvalue weighted by Gasteiger charge is 2.29. The van der Waals surface area contributed by atoms with Gasteiger partial charge in [-0.1, -0.05) is 13.8 Å². The second-order valence-corrected chi connectivity index (χ2v) is 7.30. The van der Waals surface area contributed by atoms with E-state index in [9.17, 15) is 4.79 Å². The summed E-state index contributed by atoms with van der Waals surface area (Å²) in [5.74, 6) is 0.346. The summed E-state index contributed by atoms with van der Waals surface area (Å²) < 4.78 is 7.07. The van der Waals surface area contributed by atoms with Crippen LogP contribution in [0.25, 0.3) is 0 Å². The normalized spacial score (nSPS) is 14.7. The van der Waals surface area contributed by atoms with Gasteiger partial charge in [0.05, 0.1) is 6.20 Å².